The number of rotatable bonds is 5. The van der Waals surface area contributed by atoms with Crippen LogP contribution in [-0.2, 0) is 10.0 Å². The predicted molar refractivity (Wildman–Crippen MR) is 134 cm³/mol. The Kier molecular flexibility index (Phi) is 6.92. The van der Waals surface area contributed by atoms with Gasteiger partial charge in [0.25, 0.3) is 10.0 Å². The topological polar surface area (TPSA) is 82.9 Å². The first kappa shape index (κ1) is 22.0. The van der Waals surface area contributed by atoms with Crippen molar-refractivity contribution in [2.75, 3.05) is 10.6 Å². The first-order valence-corrected chi connectivity index (χ1v) is 11.7. The van der Waals surface area contributed by atoms with E-state index in [2.05, 4.69) is 20.0 Å². The Balaban J connectivity index is 1.81. The normalized spacial score (nSPS) is 11.5. The lowest BCUT2D eigenvalue weighted by molar-refractivity contribution is 0.598. The minimum atomic E-state index is -3.97. The van der Waals surface area contributed by atoms with Gasteiger partial charge in [-0.05, 0) is 36.4 Å². The van der Waals surface area contributed by atoms with E-state index in [0.717, 1.165) is 11.4 Å². The van der Waals surface area contributed by atoms with Crippen LogP contribution in [0.25, 0.3) is 0 Å². The van der Waals surface area contributed by atoms with E-state index in [1.165, 1.54) is 12.1 Å². The van der Waals surface area contributed by atoms with E-state index in [4.69, 9.17) is 0 Å². The zero-order chi connectivity index (χ0) is 22.9. The monoisotopic (exact) mass is 454 g/mol. The van der Waals surface area contributed by atoms with Crippen molar-refractivity contribution < 1.29 is 8.42 Å². The summed E-state index contributed by atoms with van der Waals surface area (Å²) in [6.07, 6.45) is 0. The number of nitrogens with one attached hydrogen (secondary N) is 2. The fourth-order valence-electron chi connectivity index (χ4n) is 2.99. The molecule has 0 saturated heterocycles. The maximum absolute atomic E-state index is 13.0. The van der Waals surface area contributed by atoms with Crippen molar-refractivity contribution in [3.63, 3.8) is 0 Å². The first-order valence-electron chi connectivity index (χ1n) is 10.3. The summed E-state index contributed by atoms with van der Waals surface area (Å²) in [5.41, 5.74) is 2.15. The van der Waals surface area contributed by atoms with Crippen molar-refractivity contribution in [2.24, 2.45) is 9.39 Å². The van der Waals surface area contributed by atoms with Crippen LogP contribution in [0.5, 0.6) is 0 Å². The smallest absolute Gasteiger partial charge is 0.284 e. The van der Waals surface area contributed by atoms with Gasteiger partial charge in [-0.2, -0.15) is 13.4 Å². The number of para-hydroxylation sites is 2. The molecule has 0 saturated carbocycles. The Morgan fingerprint density at radius 2 is 1.00 bits per heavy atom. The SMILES string of the molecule is O=S(=O)(N=C(N=C(Nc1ccccc1)Nc1ccccc1)c1ccccc1)c1ccccc1. The molecule has 0 unspecified atom stereocenters. The van der Waals surface area contributed by atoms with Crippen molar-refractivity contribution in [3.05, 3.63) is 127 Å². The molecular formula is C26H22N4O2S. The molecule has 0 bridgehead atoms. The van der Waals surface area contributed by atoms with Crippen LogP contribution in [0.2, 0.25) is 0 Å². The fraction of sp³-hybridized carbons (Fsp3) is 0. The molecule has 6 nitrogen and oxygen atoms in total. The zero-order valence-corrected chi connectivity index (χ0v) is 18.5. The minimum Gasteiger partial charge on any atom is -0.326 e. The van der Waals surface area contributed by atoms with Gasteiger partial charge in [0.05, 0.1) is 4.90 Å². The Morgan fingerprint density at radius 3 is 1.48 bits per heavy atom. The van der Waals surface area contributed by atoms with Crippen molar-refractivity contribution >= 4 is 33.2 Å². The lowest BCUT2D eigenvalue weighted by atomic mass is 10.2. The number of guanidine groups is 1. The van der Waals surface area contributed by atoms with E-state index < -0.39 is 10.0 Å². The molecular weight excluding hydrogens is 432 g/mol. The number of sulfonamides is 1. The van der Waals surface area contributed by atoms with Crippen LogP contribution in [0, 0.1) is 0 Å². The third kappa shape index (κ3) is 6.15. The molecule has 7 heteroatoms. The number of benzene rings is 4. The quantitative estimate of drug-likeness (QED) is 0.312. The van der Waals surface area contributed by atoms with Crippen LogP contribution in [-0.4, -0.2) is 20.2 Å². The molecule has 0 radical (unpaired) electrons. The molecule has 164 valence electrons. The van der Waals surface area contributed by atoms with Crippen LogP contribution in [0.1, 0.15) is 5.56 Å². The van der Waals surface area contributed by atoms with E-state index in [-0.39, 0.29) is 10.7 Å². The van der Waals surface area contributed by atoms with Crippen molar-refractivity contribution in [1.82, 2.24) is 0 Å². The summed E-state index contributed by atoms with van der Waals surface area (Å²) < 4.78 is 30.1. The zero-order valence-electron chi connectivity index (χ0n) is 17.7. The minimum absolute atomic E-state index is 0.0568. The van der Waals surface area contributed by atoms with Crippen molar-refractivity contribution in [2.45, 2.75) is 4.90 Å². The number of amidine groups is 1. The van der Waals surface area contributed by atoms with Gasteiger partial charge in [0, 0.05) is 16.9 Å². The van der Waals surface area contributed by atoms with Crippen molar-refractivity contribution in [3.8, 4) is 0 Å². The largest absolute Gasteiger partial charge is 0.326 e. The van der Waals surface area contributed by atoms with Gasteiger partial charge < -0.3 is 10.6 Å². The molecule has 0 fully saturated rings. The summed E-state index contributed by atoms with van der Waals surface area (Å²) in [4.78, 5) is 4.71. The third-order valence-electron chi connectivity index (χ3n) is 4.57. The molecule has 4 rings (SSSR count). The van der Waals surface area contributed by atoms with Crippen LogP contribution < -0.4 is 10.6 Å². The fourth-order valence-corrected chi connectivity index (χ4v) is 3.97. The van der Waals surface area contributed by atoms with Gasteiger partial charge in [-0.3, -0.25) is 0 Å². The Hall–Kier alpha value is -4.23. The summed E-state index contributed by atoms with van der Waals surface area (Å²) in [7, 11) is -3.97. The lowest BCUT2D eigenvalue weighted by Gasteiger charge is -2.13. The van der Waals surface area contributed by atoms with Crippen LogP contribution in [0.4, 0.5) is 11.4 Å². The second-order valence-electron chi connectivity index (χ2n) is 7.01. The van der Waals surface area contributed by atoms with Gasteiger partial charge in [-0.1, -0.05) is 84.9 Å². The molecule has 4 aromatic carbocycles. The van der Waals surface area contributed by atoms with Gasteiger partial charge >= 0.3 is 0 Å². The molecule has 4 aromatic rings. The Morgan fingerprint density at radius 1 is 0.576 bits per heavy atom. The molecule has 33 heavy (non-hydrogen) atoms. The highest BCUT2D eigenvalue weighted by molar-refractivity contribution is 7.90. The molecule has 2 N–H and O–H groups in total. The molecule has 0 heterocycles. The molecule has 0 spiro atoms. The van der Waals surface area contributed by atoms with Gasteiger partial charge in [-0.25, -0.2) is 0 Å². The molecule has 0 aromatic heterocycles. The van der Waals surface area contributed by atoms with E-state index in [0.29, 0.717) is 11.5 Å². The van der Waals surface area contributed by atoms with Crippen LogP contribution >= 0.6 is 0 Å². The maximum Gasteiger partial charge on any atom is 0.284 e. The Labute approximate surface area is 193 Å². The van der Waals surface area contributed by atoms with Gasteiger partial charge in [0.15, 0.2) is 5.84 Å². The van der Waals surface area contributed by atoms with Crippen molar-refractivity contribution in [1.29, 1.82) is 0 Å². The average molecular weight is 455 g/mol. The summed E-state index contributed by atoms with van der Waals surface area (Å²) in [5.74, 6) is 0.389. The first-order chi connectivity index (χ1) is 16.1. The van der Waals surface area contributed by atoms with E-state index in [1.807, 2.05) is 78.9 Å². The summed E-state index contributed by atoms with van der Waals surface area (Å²) in [6, 6.07) is 36.1. The number of nitrogens with zero attached hydrogens (tertiary/aromatic N) is 2. The second kappa shape index (κ2) is 10.4. The number of aliphatic imine (C=N–C) groups is 1. The van der Waals surface area contributed by atoms with Gasteiger partial charge in [0.2, 0.25) is 5.96 Å². The molecule has 0 atom stereocenters. The number of hydrogen-bond acceptors (Lipinski definition) is 2. The Bertz CT molecular complexity index is 1300. The average Bonchev–Trinajstić information content (AvgIpc) is 2.86. The summed E-state index contributed by atoms with van der Waals surface area (Å²) in [5, 5.41) is 6.43. The van der Waals surface area contributed by atoms with E-state index in [9.17, 15) is 8.42 Å². The summed E-state index contributed by atoms with van der Waals surface area (Å²) in [6.45, 7) is 0. The highest BCUT2D eigenvalue weighted by Gasteiger charge is 2.16. The molecule has 0 aliphatic heterocycles. The van der Waals surface area contributed by atoms with Gasteiger partial charge in [-0.15, -0.1) is 4.40 Å². The lowest BCUT2D eigenvalue weighted by Crippen LogP contribution is -2.24. The predicted octanol–water partition coefficient (Wildman–Crippen LogP) is 5.40. The molecule has 0 aliphatic rings. The van der Waals surface area contributed by atoms with Crippen LogP contribution in [0.3, 0.4) is 0 Å². The molecule has 0 amide bonds. The maximum atomic E-state index is 13.0. The van der Waals surface area contributed by atoms with Crippen LogP contribution in [0.15, 0.2) is 136 Å². The highest BCUT2D eigenvalue weighted by Crippen LogP contribution is 2.16. The highest BCUT2D eigenvalue weighted by atomic mass is 32.2. The van der Waals surface area contributed by atoms with E-state index >= 15 is 0 Å². The molecule has 0 aliphatic carbocycles. The van der Waals surface area contributed by atoms with E-state index in [1.54, 1.807) is 30.3 Å². The van der Waals surface area contributed by atoms with Gasteiger partial charge in [0.1, 0.15) is 0 Å². The third-order valence-corrected chi connectivity index (χ3v) is 5.85. The number of anilines is 2. The second-order valence-corrected chi connectivity index (χ2v) is 8.62. The standard InChI is InChI=1S/C26H22N4O2S/c31-33(32,24-19-11-4-12-20-24)30-25(21-13-5-1-6-14-21)29-26(27-22-15-7-2-8-16-22)28-23-17-9-3-10-18-23/h1-20H,(H2,27,28,29,30). The number of hydrogen-bond donors (Lipinski definition) is 2. The summed E-state index contributed by atoms with van der Waals surface area (Å²) >= 11 is 0.